The Balaban J connectivity index is 0.971. The van der Waals surface area contributed by atoms with E-state index in [2.05, 4.69) is 259 Å². The summed E-state index contributed by atoms with van der Waals surface area (Å²) in [5, 5.41) is 2.43. The minimum absolute atomic E-state index is 0.602. The van der Waals surface area contributed by atoms with Gasteiger partial charge in [0.25, 0.3) is 0 Å². The highest BCUT2D eigenvalue weighted by atomic mass is 15.0. The molecule has 0 fully saturated rings. The van der Waals surface area contributed by atoms with Crippen molar-refractivity contribution < 1.29 is 0 Å². The van der Waals surface area contributed by atoms with Gasteiger partial charge in [-0.2, -0.15) is 0 Å². The molecule has 0 bridgehead atoms. The van der Waals surface area contributed by atoms with Crippen LogP contribution in [0, 0.1) is 0 Å². The van der Waals surface area contributed by atoms with E-state index >= 15 is 0 Å². The minimum atomic E-state index is 0.602. The van der Waals surface area contributed by atoms with Crippen LogP contribution in [0.3, 0.4) is 0 Å². The molecule has 0 N–H and O–H groups in total. The molecule has 0 aliphatic heterocycles. The first-order chi connectivity index (χ1) is 33.2. The molecule has 4 heteroatoms. The lowest BCUT2D eigenvalue weighted by molar-refractivity contribution is 1.07. The number of fused-ring (bicyclic) bond motifs is 3. The summed E-state index contributed by atoms with van der Waals surface area (Å²) in [4.78, 5) is 15.8. The molecule has 67 heavy (non-hydrogen) atoms. The van der Waals surface area contributed by atoms with Gasteiger partial charge >= 0.3 is 0 Å². The van der Waals surface area contributed by atoms with Gasteiger partial charge in [0, 0.05) is 33.2 Å². The van der Waals surface area contributed by atoms with Crippen molar-refractivity contribution in [2.45, 2.75) is 0 Å². The van der Waals surface area contributed by atoms with Gasteiger partial charge in [0.1, 0.15) is 0 Å². The van der Waals surface area contributed by atoms with E-state index in [1.807, 2.05) is 0 Å². The van der Waals surface area contributed by atoms with Crippen molar-refractivity contribution in [2.75, 3.05) is 0 Å². The van der Waals surface area contributed by atoms with Gasteiger partial charge in [0.2, 0.25) is 0 Å². The molecule has 2 aromatic heterocycles. The van der Waals surface area contributed by atoms with Crippen LogP contribution in [0.2, 0.25) is 0 Å². The van der Waals surface area contributed by atoms with E-state index in [4.69, 9.17) is 15.0 Å². The first-order valence-corrected chi connectivity index (χ1v) is 22.7. The topological polar surface area (TPSA) is 43.6 Å². The standard InChI is InChI=1S/C63H42N4/c1-3-17-43(18-4-1)45-21-11-23-47(37-45)49-25-13-26-50(39-49)52-28-15-30-54(41-52)62-64-61(53-29-14-27-51(40-53)48-24-12-22-46(38-48)44-19-5-2-6-20-44)65-63(66-62)55-31-16-32-56(42-55)67-59-35-9-7-33-57(59)58-34-8-10-36-60(58)67/h1-42H. The molecular weight excluding hydrogens is 813 g/mol. The lowest BCUT2D eigenvalue weighted by atomic mass is 9.95. The number of aromatic nitrogens is 4. The second-order valence-electron chi connectivity index (χ2n) is 16.9. The maximum absolute atomic E-state index is 5.28. The predicted molar refractivity (Wildman–Crippen MR) is 278 cm³/mol. The fourth-order valence-electron chi connectivity index (χ4n) is 9.32. The summed E-state index contributed by atoms with van der Waals surface area (Å²) in [6.07, 6.45) is 0. The number of nitrogens with zero attached hydrogens (tertiary/aromatic N) is 4. The summed E-state index contributed by atoms with van der Waals surface area (Å²) in [5.41, 5.74) is 17.5. The summed E-state index contributed by atoms with van der Waals surface area (Å²) < 4.78 is 2.33. The maximum Gasteiger partial charge on any atom is 0.164 e. The van der Waals surface area contributed by atoms with E-state index in [1.54, 1.807) is 0 Å². The van der Waals surface area contributed by atoms with Gasteiger partial charge in [-0.25, -0.2) is 15.0 Å². The van der Waals surface area contributed by atoms with Crippen LogP contribution in [0.15, 0.2) is 255 Å². The number of hydrogen-bond acceptors (Lipinski definition) is 3. The van der Waals surface area contributed by atoms with Crippen molar-refractivity contribution >= 4 is 21.8 Å². The van der Waals surface area contributed by atoms with E-state index in [0.717, 1.165) is 61.2 Å². The van der Waals surface area contributed by atoms with E-state index in [0.29, 0.717) is 17.5 Å². The van der Waals surface area contributed by atoms with Crippen molar-refractivity contribution in [2.24, 2.45) is 0 Å². The first-order valence-electron chi connectivity index (χ1n) is 22.7. The Kier molecular flexibility index (Phi) is 10.2. The molecule has 12 aromatic rings. The quantitative estimate of drug-likeness (QED) is 0.145. The van der Waals surface area contributed by atoms with Crippen LogP contribution in [0.5, 0.6) is 0 Å². The zero-order valence-corrected chi connectivity index (χ0v) is 36.5. The number of hydrogen-bond donors (Lipinski definition) is 0. The third-order valence-electron chi connectivity index (χ3n) is 12.6. The van der Waals surface area contributed by atoms with Gasteiger partial charge < -0.3 is 4.57 Å². The van der Waals surface area contributed by atoms with E-state index < -0.39 is 0 Å². The lowest BCUT2D eigenvalue weighted by Gasteiger charge is -2.13. The molecule has 12 rings (SSSR count). The maximum atomic E-state index is 5.28. The van der Waals surface area contributed by atoms with Gasteiger partial charge in [0.15, 0.2) is 17.5 Å². The molecule has 314 valence electrons. The molecule has 0 aliphatic carbocycles. The third kappa shape index (κ3) is 7.77. The Bertz CT molecular complexity index is 3700. The molecular formula is C63H42N4. The van der Waals surface area contributed by atoms with E-state index in [1.165, 1.54) is 38.6 Å². The largest absolute Gasteiger partial charge is 0.309 e. The van der Waals surface area contributed by atoms with Gasteiger partial charge in [-0.15, -0.1) is 0 Å². The number of para-hydroxylation sites is 2. The van der Waals surface area contributed by atoms with Crippen LogP contribution in [-0.4, -0.2) is 19.5 Å². The van der Waals surface area contributed by atoms with E-state index in [-0.39, 0.29) is 0 Å². The molecule has 0 unspecified atom stereocenters. The van der Waals surface area contributed by atoms with Crippen LogP contribution >= 0.6 is 0 Å². The summed E-state index contributed by atoms with van der Waals surface area (Å²) in [7, 11) is 0. The van der Waals surface area contributed by atoms with Crippen LogP contribution in [0.4, 0.5) is 0 Å². The van der Waals surface area contributed by atoms with E-state index in [9.17, 15) is 0 Å². The monoisotopic (exact) mass is 854 g/mol. The summed E-state index contributed by atoms with van der Waals surface area (Å²) >= 11 is 0. The molecule has 0 radical (unpaired) electrons. The smallest absolute Gasteiger partial charge is 0.164 e. The Morgan fingerprint density at radius 1 is 0.209 bits per heavy atom. The summed E-state index contributed by atoms with van der Waals surface area (Å²) in [5.74, 6) is 1.81. The molecule has 10 aromatic carbocycles. The average Bonchev–Trinajstić information content (AvgIpc) is 3.76. The molecule has 4 nitrogen and oxygen atoms in total. The average molecular weight is 855 g/mol. The van der Waals surface area contributed by atoms with Crippen molar-refractivity contribution in [1.29, 1.82) is 0 Å². The molecule has 0 aliphatic rings. The zero-order chi connectivity index (χ0) is 44.5. The normalized spacial score (nSPS) is 11.3. The van der Waals surface area contributed by atoms with Gasteiger partial charge in [-0.1, -0.05) is 200 Å². The fourth-order valence-corrected chi connectivity index (χ4v) is 9.32. The predicted octanol–water partition coefficient (Wildman–Crippen LogP) is 16.3. The van der Waals surface area contributed by atoms with Crippen molar-refractivity contribution in [3.63, 3.8) is 0 Å². The molecule has 0 spiro atoms. The van der Waals surface area contributed by atoms with Gasteiger partial charge in [0.05, 0.1) is 11.0 Å². The number of benzene rings is 10. The zero-order valence-electron chi connectivity index (χ0n) is 36.5. The Hall–Kier alpha value is -8.99. The third-order valence-corrected chi connectivity index (χ3v) is 12.6. The van der Waals surface area contributed by atoms with Crippen LogP contribution in [0.25, 0.3) is 117 Å². The van der Waals surface area contributed by atoms with Crippen LogP contribution in [0.1, 0.15) is 0 Å². The summed E-state index contributed by atoms with van der Waals surface area (Å²) in [6, 6.07) is 90.1. The minimum Gasteiger partial charge on any atom is -0.309 e. The molecule has 2 heterocycles. The molecule has 0 saturated heterocycles. The molecule has 0 amide bonds. The Morgan fingerprint density at radius 3 is 0.866 bits per heavy atom. The summed E-state index contributed by atoms with van der Waals surface area (Å²) in [6.45, 7) is 0. The van der Waals surface area contributed by atoms with Crippen molar-refractivity contribution in [1.82, 2.24) is 19.5 Å². The van der Waals surface area contributed by atoms with Crippen LogP contribution in [-0.2, 0) is 0 Å². The second-order valence-corrected chi connectivity index (χ2v) is 16.9. The van der Waals surface area contributed by atoms with Gasteiger partial charge in [-0.05, 0) is 110 Å². The lowest BCUT2D eigenvalue weighted by Crippen LogP contribution is -2.01. The van der Waals surface area contributed by atoms with Gasteiger partial charge in [-0.3, -0.25) is 0 Å². The van der Waals surface area contributed by atoms with Crippen molar-refractivity contribution in [3.8, 4) is 95.5 Å². The van der Waals surface area contributed by atoms with Crippen molar-refractivity contribution in [3.05, 3.63) is 255 Å². The van der Waals surface area contributed by atoms with Crippen LogP contribution < -0.4 is 0 Å². The highest BCUT2D eigenvalue weighted by molar-refractivity contribution is 6.09. The Labute approximate surface area is 389 Å². The Morgan fingerprint density at radius 2 is 0.478 bits per heavy atom. The first kappa shape index (κ1) is 39.6. The number of rotatable bonds is 9. The molecule has 0 atom stereocenters. The second kappa shape index (κ2) is 17.2. The fraction of sp³-hybridized carbons (Fsp3) is 0. The highest BCUT2D eigenvalue weighted by Crippen LogP contribution is 2.36. The highest BCUT2D eigenvalue weighted by Gasteiger charge is 2.17. The SMILES string of the molecule is c1ccc(-c2cccc(-c3cccc(-c4cccc(-c5nc(-c6cccc(-c7cccc(-c8ccccc8)c7)c6)nc(-c6cccc(-n7c8ccccc8c8ccccc87)c6)n5)c4)c3)c2)cc1. The molecule has 0 saturated carbocycles.